The van der Waals surface area contributed by atoms with Gasteiger partial charge >= 0.3 is 17.6 Å². The monoisotopic (exact) mass is 288 g/mol. The summed E-state index contributed by atoms with van der Waals surface area (Å²) in [5.74, 6) is -2.55. The van der Waals surface area contributed by atoms with E-state index in [1.165, 1.54) is 6.92 Å². The number of esters is 2. The minimum absolute atomic E-state index is 0.0473. The van der Waals surface area contributed by atoms with Crippen LogP contribution in [-0.2, 0) is 32.5 Å². The topological polar surface area (TPSA) is 96.6 Å². The van der Waals surface area contributed by atoms with Crippen molar-refractivity contribution in [3.63, 3.8) is 0 Å². The average Bonchev–Trinajstić information content (AvgIpc) is 2.40. The summed E-state index contributed by atoms with van der Waals surface area (Å²) in [6.07, 6.45) is 0.664. The van der Waals surface area contributed by atoms with Gasteiger partial charge in [0.15, 0.2) is 13.5 Å². The second-order valence-corrected chi connectivity index (χ2v) is 3.73. The Hall–Kier alpha value is -2.45. The first-order valence-electron chi connectivity index (χ1n) is 5.65. The van der Waals surface area contributed by atoms with Crippen LogP contribution >= 0.6 is 0 Å². The number of rotatable bonds is 5. The first kappa shape index (κ1) is 15.6. The van der Waals surface area contributed by atoms with Crippen LogP contribution in [-0.4, -0.2) is 21.1 Å². The maximum atomic E-state index is 13.4. The predicted molar refractivity (Wildman–Crippen MR) is 63.1 cm³/mol. The molecule has 1 heterocycles. The Morgan fingerprint density at radius 3 is 2.45 bits per heavy atom. The van der Waals surface area contributed by atoms with Gasteiger partial charge in [0.1, 0.15) is 0 Å². The standard InChI is InChI=1S/C11H13FN2O6/c1-3-9(16)20-6-14-10(17)8(12)4-13(11(14)18)5-19-7(2)15/h4H,3,5-6H2,1-2H3. The van der Waals surface area contributed by atoms with Gasteiger partial charge in [-0.05, 0) is 0 Å². The van der Waals surface area contributed by atoms with Crippen LogP contribution in [0.5, 0.6) is 0 Å². The predicted octanol–water partition coefficient (Wildman–Crippen LogP) is -0.420. The molecule has 110 valence electrons. The molecule has 1 aromatic rings. The van der Waals surface area contributed by atoms with Crippen molar-refractivity contribution < 1.29 is 23.5 Å². The molecule has 0 bridgehead atoms. The number of ether oxygens (including phenoxy) is 2. The molecule has 0 unspecified atom stereocenters. The van der Waals surface area contributed by atoms with Crippen molar-refractivity contribution in [2.45, 2.75) is 33.7 Å². The van der Waals surface area contributed by atoms with Gasteiger partial charge in [-0.1, -0.05) is 6.92 Å². The van der Waals surface area contributed by atoms with E-state index >= 15 is 0 Å². The van der Waals surface area contributed by atoms with Gasteiger partial charge in [-0.15, -0.1) is 0 Å². The fourth-order valence-corrected chi connectivity index (χ4v) is 1.22. The van der Waals surface area contributed by atoms with Crippen LogP contribution in [0.25, 0.3) is 0 Å². The molecule has 0 atom stereocenters. The van der Waals surface area contributed by atoms with Crippen molar-refractivity contribution in [2.75, 3.05) is 0 Å². The third-order valence-electron chi connectivity index (χ3n) is 2.25. The van der Waals surface area contributed by atoms with Gasteiger partial charge in [0.2, 0.25) is 5.82 Å². The van der Waals surface area contributed by atoms with Crippen molar-refractivity contribution in [3.05, 3.63) is 32.9 Å². The van der Waals surface area contributed by atoms with Crippen molar-refractivity contribution in [1.29, 1.82) is 0 Å². The van der Waals surface area contributed by atoms with E-state index in [0.29, 0.717) is 15.3 Å². The van der Waals surface area contributed by atoms with Crippen LogP contribution in [0.4, 0.5) is 4.39 Å². The van der Waals surface area contributed by atoms with Crippen LogP contribution in [0.1, 0.15) is 20.3 Å². The number of nitrogens with zero attached hydrogens (tertiary/aromatic N) is 2. The van der Waals surface area contributed by atoms with Crippen LogP contribution in [0.3, 0.4) is 0 Å². The Kier molecular flexibility index (Phi) is 5.18. The first-order valence-corrected chi connectivity index (χ1v) is 5.65. The molecule has 8 nitrogen and oxygen atoms in total. The Morgan fingerprint density at radius 1 is 1.25 bits per heavy atom. The highest BCUT2D eigenvalue weighted by Crippen LogP contribution is 1.91. The number of hydrogen-bond acceptors (Lipinski definition) is 6. The molecule has 0 saturated heterocycles. The number of halogens is 1. The molecular formula is C11H13FN2O6. The first-order chi connectivity index (χ1) is 9.36. The zero-order chi connectivity index (χ0) is 15.3. The van der Waals surface area contributed by atoms with E-state index in [1.807, 2.05) is 0 Å². The van der Waals surface area contributed by atoms with Gasteiger partial charge in [0.25, 0.3) is 5.56 Å². The number of aromatic nitrogens is 2. The number of hydrogen-bond donors (Lipinski definition) is 0. The molecule has 0 saturated carbocycles. The SMILES string of the molecule is CCC(=O)OCn1c(=O)c(F)cn(COC(C)=O)c1=O. The van der Waals surface area contributed by atoms with E-state index in [2.05, 4.69) is 9.47 Å². The highest BCUT2D eigenvalue weighted by Gasteiger charge is 2.13. The minimum Gasteiger partial charge on any atom is -0.444 e. The van der Waals surface area contributed by atoms with Crippen LogP contribution in [0.2, 0.25) is 0 Å². The molecular weight excluding hydrogens is 275 g/mol. The number of carbonyl (C=O) groups is 2. The fourth-order valence-electron chi connectivity index (χ4n) is 1.22. The summed E-state index contributed by atoms with van der Waals surface area (Å²) in [5, 5.41) is 0. The summed E-state index contributed by atoms with van der Waals surface area (Å²) in [4.78, 5) is 44.9. The van der Waals surface area contributed by atoms with E-state index in [-0.39, 0.29) is 6.42 Å². The summed E-state index contributed by atoms with van der Waals surface area (Å²) >= 11 is 0. The summed E-state index contributed by atoms with van der Waals surface area (Å²) in [6, 6.07) is 0. The van der Waals surface area contributed by atoms with Crippen molar-refractivity contribution in [2.24, 2.45) is 0 Å². The average molecular weight is 288 g/mol. The molecule has 0 N–H and O–H groups in total. The van der Waals surface area contributed by atoms with E-state index in [4.69, 9.17) is 0 Å². The van der Waals surface area contributed by atoms with Gasteiger partial charge in [-0.2, -0.15) is 4.39 Å². The molecule has 0 aromatic carbocycles. The molecule has 0 aliphatic rings. The van der Waals surface area contributed by atoms with Crippen LogP contribution in [0, 0.1) is 5.82 Å². The molecule has 1 aromatic heterocycles. The molecule has 0 spiro atoms. The van der Waals surface area contributed by atoms with Crippen LogP contribution < -0.4 is 11.2 Å². The van der Waals surface area contributed by atoms with Gasteiger partial charge in [-0.25, -0.2) is 9.36 Å². The van der Waals surface area contributed by atoms with Gasteiger partial charge in [0, 0.05) is 13.3 Å². The third-order valence-corrected chi connectivity index (χ3v) is 2.25. The highest BCUT2D eigenvalue weighted by atomic mass is 19.1. The molecule has 1 rings (SSSR count). The zero-order valence-electron chi connectivity index (χ0n) is 10.9. The summed E-state index contributed by atoms with van der Waals surface area (Å²) in [7, 11) is 0. The third kappa shape index (κ3) is 3.77. The quantitative estimate of drug-likeness (QED) is 0.683. The largest absolute Gasteiger partial charge is 0.444 e. The van der Waals surface area contributed by atoms with Crippen LogP contribution in [0.15, 0.2) is 15.8 Å². The summed E-state index contributed by atoms with van der Waals surface area (Å²) < 4.78 is 23.6. The summed E-state index contributed by atoms with van der Waals surface area (Å²) in [5.41, 5.74) is -2.18. The Bertz CT molecular complexity index is 633. The Labute approximate surface area is 112 Å². The maximum Gasteiger partial charge on any atom is 0.336 e. The normalized spacial score (nSPS) is 10.2. The van der Waals surface area contributed by atoms with E-state index in [0.717, 1.165) is 6.92 Å². The lowest BCUT2D eigenvalue weighted by atomic mass is 10.5. The molecule has 9 heteroatoms. The second kappa shape index (κ2) is 6.64. The molecule has 0 amide bonds. The van der Waals surface area contributed by atoms with E-state index < -0.39 is 42.5 Å². The minimum atomic E-state index is -1.23. The lowest BCUT2D eigenvalue weighted by Crippen LogP contribution is -2.42. The Balaban J connectivity index is 3.09. The summed E-state index contributed by atoms with van der Waals surface area (Å²) in [6.45, 7) is 1.38. The molecule has 20 heavy (non-hydrogen) atoms. The van der Waals surface area contributed by atoms with Gasteiger partial charge < -0.3 is 9.47 Å². The van der Waals surface area contributed by atoms with E-state index in [9.17, 15) is 23.6 Å². The fraction of sp³-hybridized carbons (Fsp3) is 0.455. The highest BCUT2D eigenvalue weighted by molar-refractivity contribution is 5.68. The lowest BCUT2D eigenvalue weighted by Gasteiger charge is -2.10. The van der Waals surface area contributed by atoms with Gasteiger partial charge in [0.05, 0.1) is 6.20 Å². The lowest BCUT2D eigenvalue weighted by molar-refractivity contribution is -0.147. The zero-order valence-corrected chi connectivity index (χ0v) is 10.9. The second-order valence-electron chi connectivity index (χ2n) is 3.73. The molecule has 0 fully saturated rings. The molecule has 0 aliphatic carbocycles. The Morgan fingerprint density at radius 2 is 1.90 bits per heavy atom. The van der Waals surface area contributed by atoms with Crippen molar-refractivity contribution in [3.8, 4) is 0 Å². The molecule has 0 aliphatic heterocycles. The maximum absolute atomic E-state index is 13.4. The van der Waals surface area contributed by atoms with Crippen molar-refractivity contribution in [1.82, 2.24) is 9.13 Å². The number of carbonyl (C=O) groups excluding carboxylic acids is 2. The van der Waals surface area contributed by atoms with Crippen molar-refractivity contribution >= 4 is 11.9 Å². The smallest absolute Gasteiger partial charge is 0.336 e. The van der Waals surface area contributed by atoms with E-state index in [1.54, 1.807) is 0 Å². The molecule has 0 radical (unpaired) electrons. The van der Waals surface area contributed by atoms with Gasteiger partial charge in [-0.3, -0.25) is 19.0 Å².